The predicted molar refractivity (Wildman–Crippen MR) is 80.1 cm³/mol. The van der Waals surface area contributed by atoms with Gasteiger partial charge in [-0.15, -0.1) is 0 Å². The van der Waals surface area contributed by atoms with Gasteiger partial charge >= 0.3 is 27.0 Å². The molecular formula is C12H29AlO5S. The van der Waals surface area contributed by atoms with Crippen molar-refractivity contribution in [2.45, 2.75) is 71.1 Å². The van der Waals surface area contributed by atoms with E-state index in [2.05, 4.69) is 11.1 Å². The second-order valence-electron chi connectivity index (χ2n) is 4.43. The van der Waals surface area contributed by atoms with Gasteiger partial charge in [-0.25, -0.2) is 4.18 Å². The van der Waals surface area contributed by atoms with Crippen LogP contribution >= 0.6 is 0 Å². The number of hydrogen-bond acceptors (Lipinski definition) is 4. The van der Waals surface area contributed by atoms with Gasteiger partial charge in [0.25, 0.3) is 0 Å². The zero-order valence-corrected chi connectivity index (χ0v) is 15.1. The lowest BCUT2D eigenvalue weighted by Gasteiger charge is -2.02. The van der Waals surface area contributed by atoms with Crippen LogP contribution in [-0.2, 0) is 14.6 Å². The van der Waals surface area contributed by atoms with Crippen LogP contribution in [-0.4, -0.2) is 40.4 Å². The average Bonchev–Trinajstić information content (AvgIpc) is 2.37. The topological polar surface area (TPSA) is 83.8 Å². The molecule has 0 rings (SSSR count). The molecule has 0 radical (unpaired) electrons. The Bertz CT molecular complexity index is 257. The lowest BCUT2D eigenvalue weighted by molar-refractivity contribution is 0.261. The molecular weight excluding hydrogens is 283 g/mol. The van der Waals surface area contributed by atoms with Crippen LogP contribution in [0.1, 0.15) is 71.1 Å². The molecule has 0 bridgehead atoms. The summed E-state index contributed by atoms with van der Waals surface area (Å²) in [5, 5.41) is 0. The highest BCUT2D eigenvalue weighted by Gasteiger charge is 2.02. The summed E-state index contributed by atoms with van der Waals surface area (Å²) in [7, 11) is -4.23. The first-order valence-electron chi connectivity index (χ1n) is 7.13. The zero-order chi connectivity index (χ0) is 15.0. The quantitative estimate of drug-likeness (QED) is 0.328. The van der Waals surface area contributed by atoms with Crippen molar-refractivity contribution in [2.75, 3.05) is 6.61 Å². The van der Waals surface area contributed by atoms with E-state index in [-0.39, 0.29) is 6.61 Å². The fourth-order valence-corrected chi connectivity index (χ4v) is 2.08. The smallest absolute Gasteiger partial charge is 0.407 e. The molecule has 0 aliphatic heterocycles. The van der Waals surface area contributed by atoms with Gasteiger partial charge in [0.1, 0.15) is 0 Å². The Morgan fingerprint density at radius 3 is 1.58 bits per heavy atom. The molecule has 0 saturated heterocycles. The SMILES string of the molecule is CCCCCCCCCCCCOS(=O)(=O)O.[OH][AlH2]. The second kappa shape index (κ2) is 16.4. The van der Waals surface area contributed by atoms with Crippen LogP contribution in [0.2, 0.25) is 0 Å². The highest BCUT2D eigenvalue weighted by atomic mass is 32.3. The summed E-state index contributed by atoms with van der Waals surface area (Å²) in [6.45, 7) is 2.31. The minimum absolute atomic E-state index is 0.0926. The van der Waals surface area contributed by atoms with Crippen molar-refractivity contribution in [1.29, 1.82) is 0 Å². The standard InChI is InChI=1S/C12H26O4S.Al.H2O.2H/c1-2-3-4-5-6-7-8-9-10-11-12-16-17(13,14)15;;;;/h2-12H2,1H3,(H,13,14,15);;1H2;;/q;+1;;;/p-1. The maximum absolute atomic E-state index is 10.2. The molecule has 0 saturated carbocycles. The van der Waals surface area contributed by atoms with Crippen molar-refractivity contribution in [3.8, 4) is 0 Å². The molecule has 2 N–H and O–H groups in total. The molecule has 0 fully saturated rings. The Kier molecular flexibility index (Phi) is 18.7. The highest BCUT2D eigenvalue weighted by molar-refractivity contribution is 7.80. The molecule has 0 aromatic heterocycles. The third-order valence-corrected chi connectivity index (χ3v) is 3.19. The van der Waals surface area contributed by atoms with Crippen molar-refractivity contribution < 1.29 is 21.3 Å². The van der Waals surface area contributed by atoms with Crippen LogP contribution in [0.15, 0.2) is 0 Å². The Hall–Kier alpha value is 0.362. The number of rotatable bonds is 12. The largest absolute Gasteiger partial charge is 0.521 e. The monoisotopic (exact) mass is 312 g/mol. The van der Waals surface area contributed by atoms with E-state index in [0.29, 0.717) is 23.0 Å². The van der Waals surface area contributed by atoms with Gasteiger partial charge in [-0.05, 0) is 6.42 Å². The van der Waals surface area contributed by atoms with E-state index in [4.69, 9.17) is 8.71 Å². The van der Waals surface area contributed by atoms with E-state index < -0.39 is 10.4 Å². The fourth-order valence-electron chi connectivity index (χ4n) is 1.75. The van der Waals surface area contributed by atoms with E-state index in [9.17, 15) is 8.42 Å². The van der Waals surface area contributed by atoms with Gasteiger partial charge in [0.05, 0.1) is 6.61 Å². The van der Waals surface area contributed by atoms with E-state index in [1.807, 2.05) is 0 Å². The molecule has 0 amide bonds. The molecule has 0 aliphatic rings. The second-order valence-corrected chi connectivity index (χ2v) is 5.52. The minimum Gasteiger partial charge on any atom is -0.521 e. The predicted octanol–water partition coefficient (Wildman–Crippen LogP) is 2.25. The van der Waals surface area contributed by atoms with Gasteiger partial charge < -0.3 is 4.16 Å². The van der Waals surface area contributed by atoms with Crippen LogP contribution in [0.4, 0.5) is 0 Å². The Morgan fingerprint density at radius 2 is 1.21 bits per heavy atom. The lowest BCUT2D eigenvalue weighted by atomic mass is 10.1. The van der Waals surface area contributed by atoms with Crippen molar-refractivity contribution in [3.05, 3.63) is 0 Å². The average molecular weight is 312 g/mol. The van der Waals surface area contributed by atoms with Gasteiger partial charge in [0.2, 0.25) is 0 Å². The van der Waals surface area contributed by atoms with Gasteiger partial charge in [-0.1, -0.05) is 64.7 Å². The van der Waals surface area contributed by atoms with Crippen LogP contribution in [0.5, 0.6) is 0 Å². The van der Waals surface area contributed by atoms with Gasteiger partial charge in [0, 0.05) is 0 Å². The van der Waals surface area contributed by atoms with Gasteiger partial charge in [0.15, 0.2) is 0 Å². The van der Waals surface area contributed by atoms with Crippen LogP contribution < -0.4 is 0 Å². The van der Waals surface area contributed by atoms with Crippen molar-refractivity contribution in [2.24, 2.45) is 0 Å². The summed E-state index contributed by atoms with van der Waals surface area (Å²) in [5.41, 5.74) is 0. The van der Waals surface area contributed by atoms with Gasteiger partial charge in [-0.3, -0.25) is 4.55 Å². The fraction of sp³-hybridized carbons (Fsp3) is 1.00. The van der Waals surface area contributed by atoms with Crippen LogP contribution in [0, 0.1) is 0 Å². The molecule has 0 aromatic rings. The molecule has 0 unspecified atom stereocenters. The minimum atomic E-state index is -4.23. The third-order valence-electron chi connectivity index (χ3n) is 2.73. The number of hydrogen-bond donors (Lipinski definition) is 2. The normalized spacial score (nSPS) is 10.9. The first-order chi connectivity index (χ1) is 9.06. The Balaban J connectivity index is 0. The lowest BCUT2D eigenvalue weighted by Crippen LogP contribution is -2.04. The third kappa shape index (κ3) is 23.8. The van der Waals surface area contributed by atoms with Crippen LogP contribution in [0.3, 0.4) is 0 Å². The highest BCUT2D eigenvalue weighted by Crippen LogP contribution is 2.10. The molecule has 0 aromatic carbocycles. The van der Waals surface area contributed by atoms with Crippen LogP contribution in [0.25, 0.3) is 0 Å². The maximum atomic E-state index is 10.2. The van der Waals surface area contributed by atoms with Gasteiger partial charge in [-0.2, -0.15) is 8.42 Å². The van der Waals surface area contributed by atoms with E-state index in [0.717, 1.165) is 12.8 Å². The summed E-state index contributed by atoms with van der Waals surface area (Å²) < 4.78 is 40.1. The van der Waals surface area contributed by atoms with E-state index in [1.165, 1.54) is 44.9 Å². The molecule has 116 valence electrons. The molecule has 7 heteroatoms. The van der Waals surface area contributed by atoms with Crippen molar-refractivity contribution >= 4 is 27.0 Å². The molecule has 0 aliphatic carbocycles. The summed E-state index contributed by atoms with van der Waals surface area (Å²) in [5.74, 6) is 0. The molecule has 0 spiro atoms. The maximum Gasteiger partial charge on any atom is 0.407 e. The van der Waals surface area contributed by atoms with E-state index >= 15 is 0 Å². The Morgan fingerprint density at radius 1 is 0.842 bits per heavy atom. The van der Waals surface area contributed by atoms with Crippen molar-refractivity contribution in [1.82, 2.24) is 0 Å². The van der Waals surface area contributed by atoms with Crippen molar-refractivity contribution in [3.63, 3.8) is 0 Å². The number of unbranched alkanes of at least 4 members (excludes halogenated alkanes) is 9. The molecule has 0 heterocycles. The summed E-state index contributed by atoms with van der Waals surface area (Å²) in [6, 6.07) is 0. The Labute approximate surface area is 126 Å². The summed E-state index contributed by atoms with van der Waals surface area (Å²) in [6.07, 6.45) is 11.9. The molecule has 5 nitrogen and oxygen atoms in total. The summed E-state index contributed by atoms with van der Waals surface area (Å²) in [4.78, 5) is 0. The first-order valence-corrected chi connectivity index (χ1v) is 9.39. The van der Waals surface area contributed by atoms with E-state index in [1.54, 1.807) is 0 Å². The molecule has 19 heavy (non-hydrogen) atoms. The summed E-state index contributed by atoms with van der Waals surface area (Å²) >= 11 is 0.306. The zero-order valence-electron chi connectivity index (χ0n) is 12.3. The molecule has 0 atom stereocenters. The first kappa shape index (κ1) is 21.7.